The molecular formula is C22H19NO3S. The van der Waals surface area contributed by atoms with E-state index in [2.05, 4.69) is 0 Å². The molecule has 1 aliphatic rings. The van der Waals surface area contributed by atoms with Crippen LogP contribution >= 0.6 is 11.3 Å². The number of ketones is 1. The van der Waals surface area contributed by atoms with Crippen LogP contribution in [0.2, 0.25) is 0 Å². The fourth-order valence-corrected chi connectivity index (χ4v) is 4.21. The zero-order valence-electron chi connectivity index (χ0n) is 14.9. The molecule has 0 saturated heterocycles. The number of nitrogens with zero attached hydrogens (tertiary/aromatic N) is 1. The van der Waals surface area contributed by atoms with Crippen LogP contribution in [-0.4, -0.2) is 16.8 Å². The van der Waals surface area contributed by atoms with Crippen LogP contribution in [0.1, 0.15) is 32.8 Å². The summed E-state index contributed by atoms with van der Waals surface area (Å²) in [5.74, 6) is -0.676. The number of hydrogen-bond acceptors (Lipinski definition) is 4. The fourth-order valence-electron chi connectivity index (χ4n) is 3.55. The normalized spacial score (nSPS) is 18.6. The fraction of sp³-hybridized carbons (Fsp3) is 0.182. The Kier molecular flexibility index (Phi) is 4.42. The van der Waals surface area contributed by atoms with E-state index in [-0.39, 0.29) is 12.2 Å². The Bertz CT molecular complexity index is 1010. The Morgan fingerprint density at radius 1 is 1.07 bits per heavy atom. The maximum absolute atomic E-state index is 13.2. The van der Waals surface area contributed by atoms with Crippen molar-refractivity contribution in [3.05, 3.63) is 87.6 Å². The molecule has 2 heterocycles. The van der Waals surface area contributed by atoms with Gasteiger partial charge in [-0.3, -0.25) is 9.59 Å². The maximum atomic E-state index is 13.2. The van der Waals surface area contributed by atoms with Gasteiger partial charge in [0.15, 0.2) is 11.4 Å². The highest BCUT2D eigenvalue weighted by Crippen LogP contribution is 2.43. The van der Waals surface area contributed by atoms with Crippen molar-refractivity contribution in [2.24, 2.45) is 0 Å². The molecule has 0 fully saturated rings. The van der Waals surface area contributed by atoms with Crippen molar-refractivity contribution in [2.45, 2.75) is 25.5 Å². The number of carbonyl (C=O) groups excluding carboxylic acids is 2. The second-order valence-electron chi connectivity index (χ2n) is 6.77. The highest BCUT2D eigenvalue weighted by molar-refractivity contribution is 7.12. The molecule has 0 aliphatic carbocycles. The predicted molar refractivity (Wildman–Crippen MR) is 106 cm³/mol. The SMILES string of the molecule is Cc1ccccc1CN1C(=O)[C@@](O)(CC(=O)c2cccs2)c2ccccc21. The average molecular weight is 377 g/mol. The number of thiophene rings is 1. The quantitative estimate of drug-likeness (QED) is 0.682. The van der Waals surface area contributed by atoms with Gasteiger partial charge in [0, 0.05) is 5.56 Å². The molecule has 1 aromatic heterocycles. The highest BCUT2D eigenvalue weighted by Gasteiger charge is 2.50. The van der Waals surface area contributed by atoms with E-state index in [4.69, 9.17) is 0 Å². The lowest BCUT2D eigenvalue weighted by Crippen LogP contribution is -2.41. The van der Waals surface area contributed by atoms with Gasteiger partial charge in [-0.25, -0.2) is 0 Å². The average Bonchev–Trinajstić information content (AvgIpc) is 3.27. The molecule has 0 bridgehead atoms. The predicted octanol–water partition coefficient (Wildman–Crippen LogP) is 4.06. The van der Waals surface area contributed by atoms with E-state index in [9.17, 15) is 14.7 Å². The Morgan fingerprint density at radius 2 is 1.81 bits per heavy atom. The smallest absolute Gasteiger partial charge is 0.264 e. The Balaban J connectivity index is 1.71. The van der Waals surface area contributed by atoms with Gasteiger partial charge in [-0.2, -0.15) is 0 Å². The molecule has 0 saturated carbocycles. The number of hydrogen-bond donors (Lipinski definition) is 1. The lowest BCUT2D eigenvalue weighted by Gasteiger charge is -2.23. The van der Waals surface area contributed by atoms with E-state index < -0.39 is 11.5 Å². The molecule has 136 valence electrons. The molecule has 4 nitrogen and oxygen atoms in total. The molecule has 27 heavy (non-hydrogen) atoms. The summed E-state index contributed by atoms with van der Waals surface area (Å²) in [7, 11) is 0. The lowest BCUT2D eigenvalue weighted by atomic mass is 9.89. The first-order valence-corrected chi connectivity index (χ1v) is 9.64. The van der Waals surface area contributed by atoms with Gasteiger partial charge in [0.05, 0.1) is 23.5 Å². The standard InChI is InChI=1S/C22H19NO3S/c1-15-7-2-3-8-16(15)14-23-18-10-5-4-9-17(18)22(26,21(23)25)13-19(24)20-11-6-12-27-20/h2-12,26H,13-14H2,1H3/t22-/m1/s1. The van der Waals surface area contributed by atoms with E-state index in [1.165, 1.54) is 11.3 Å². The topological polar surface area (TPSA) is 57.6 Å². The van der Waals surface area contributed by atoms with Crippen LogP contribution in [0.15, 0.2) is 66.0 Å². The Labute approximate surface area is 161 Å². The number of anilines is 1. The molecule has 2 aromatic carbocycles. The largest absolute Gasteiger partial charge is 0.375 e. The maximum Gasteiger partial charge on any atom is 0.264 e. The number of aryl methyl sites for hydroxylation is 1. The lowest BCUT2D eigenvalue weighted by molar-refractivity contribution is -0.136. The minimum atomic E-state index is -1.83. The van der Waals surface area contributed by atoms with Crippen LogP contribution in [0, 0.1) is 6.92 Å². The summed E-state index contributed by atoms with van der Waals surface area (Å²) in [4.78, 5) is 28.0. The number of benzene rings is 2. The van der Waals surface area contributed by atoms with Crippen molar-refractivity contribution in [1.82, 2.24) is 0 Å². The molecule has 1 N–H and O–H groups in total. The summed E-state index contributed by atoms with van der Waals surface area (Å²) >= 11 is 1.32. The van der Waals surface area contributed by atoms with Crippen LogP contribution in [0.5, 0.6) is 0 Å². The number of carbonyl (C=O) groups is 2. The summed E-state index contributed by atoms with van der Waals surface area (Å²) in [5.41, 5.74) is 1.41. The zero-order chi connectivity index (χ0) is 19.0. The molecule has 5 heteroatoms. The van der Waals surface area contributed by atoms with Gasteiger partial charge in [-0.15, -0.1) is 11.3 Å². The number of aliphatic hydroxyl groups is 1. The third-order valence-corrected chi connectivity index (χ3v) is 5.95. The number of para-hydroxylation sites is 1. The van der Waals surface area contributed by atoms with E-state index in [1.54, 1.807) is 29.2 Å². The third kappa shape index (κ3) is 2.99. The molecule has 1 amide bonds. The summed E-state index contributed by atoms with van der Waals surface area (Å²) in [6.07, 6.45) is -0.256. The first-order chi connectivity index (χ1) is 13.0. The molecular weight excluding hydrogens is 358 g/mol. The second-order valence-corrected chi connectivity index (χ2v) is 7.72. The van der Waals surface area contributed by atoms with Crippen molar-refractivity contribution in [1.29, 1.82) is 0 Å². The van der Waals surface area contributed by atoms with Gasteiger partial charge >= 0.3 is 0 Å². The number of amides is 1. The minimum Gasteiger partial charge on any atom is -0.375 e. The van der Waals surface area contributed by atoms with Crippen molar-refractivity contribution in [3.8, 4) is 0 Å². The molecule has 1 aliphatic heterocycles. The van der Waals surface area contributed by atoms with Crippen molar-refractivity contribution < 1.29 is 14.7 Å². The van der Waals surface area contributed by atoms with Crippen LogP contribution < -0.4 is 4.90 Å². The van der Waals surface area contributed by atoms with Gasteiger partial charge < -0.3 is 10.0 Å². The molecule has 0 unspecified atom stereocenters. The van der Waals surface area contributed by atoms with E-state index in [1.807, 2.05) is 48.7 Å². The van der Waals surface area contributed by atoms with E-state index >= 15 is 0 Å². The molecule has 0 radical (unpaired) electrons. The van der Waals surface area contributed by atoms with Crippen LogP contribution in [0.4, 0.5) is 5.69 Å². The Hall–Kier alpha value is -2.76. The first kappa shape index (κ1) is 17.6. The summed E-state index contributed by atoms with van der Waals surface area (Å²) in [6.45, 7) is 2.35. The van der Waals surface area contributed by atoms with Crippen LogP contribution in [0.3, 0.4) is 0 Å². The summed E-state index contributed by atoms with van der Waals surface area (Å²) in [6, 6.07) is 18.5. The summed E-state index contributed by atoms with van der Waals surface area (Å²) in [5, 5.41) is 13.1. The van der Waals surface area contributed by atoms with Gasteiger partial charge in [0.2, 0.25) is 0 Å². The Morgan fingerprint density at radius 3 is 2.56 bits per heavy atom. The van der Waals surface area contributed by atoms with Gasteiger partial charge in [0.1, 0.15) is 0 Å². The molecule has 4 rings (SSSR count). The zero-order valence-corrected chi connectivity index (χ0v) is 15.7. The van der Waals surface area contributed by atoms with Crippen molar-refractivity contribution in [3.63, 3.8) is 0 Å². The molecule has 3 aromatic rings. The highest BCUT2D eigenvalue weighted by atomic mass is 32.1. The van der Waals surface area contributed by atoms with Gasteiger partial charge in [0.25, 0.3) is 5.91 Å². The monoisotopic (exact) mass is 377 g/mol. The van der Waals surface area contributed by atoms with Crippen molar-refractivity contribution >= 4 is 28.7 Å². The van der Waals surface area contributed by atoms with Crippen molar-refractivity contribution in [2.75, 3.05) is 4.90 Å². The van der Waals surface area contributed by atoms with Crippen LogP contribution in [-0.2, 0) is 16.9 Å². The molecule has 1 atom stereocenters. The number of fused-ring (bicyclic) bond motifs is 1. The van der Waals surface area contributed by atoms with Gasteiger partial charge in [-0.05, 0) is 35.6 Å². The van der Waals surface area contributed by atoms with E-state index in [0.717, 1.165) is 11.1 Å². The first-order valence-electron chi connectivity index (χ1n) is 8.76. The minimum absolute atomic E-state index is 0.228. The molecule has 0 spiro atoms. The number of Topliss-reactive ketones (excluding diaryl/α,β-unsaturated/α-hetero) is 1. The number of rotatable bonds is 5. The van der Waals surface area contributed by atoms with E-state index in [0.29, 0.717) is 22.7 Å². The second kappa shape index (κ2) is 6.76. The van der Waals surface area contributed by atoms with Crippen LogP contribution in [0.25, 0.3) is 0 Å². The third-order valence-electron chi connectivity index (χ3n) is 5.04. The summed E-state index contributed by atoms with van der Waals surface area (Å²) < 4.78 is 0. The van der Waals surface area contributed by atoms with Gasteiger partial charge in [-0.1, -0.05) is 48.5 Å².